The number of fused-ring (bicyclic) bond motifs is 1. The third-order valence-electron chi connectivity index (χ3n) is 10.7. The molecule has 246 valence electrons. The Morgan fingerprint density at radius 2 is 2.11 bits per heavy atom. The highest BCUT2D eigenvalue weighted by molar-refractivity contribution is 7.16. The standard InChI is InChI=1S/C34H46N8O3S/c1-6-8-21-28(40-45-30(21)33(3)11-7-9-24-27(33)22(18-35)31(36)46-24)32-38-25(42-16-14-37-34(19-42)12-13-34)17-26(39-32)44-20(2)29-23(43-5)10-15-41(29)4/h17,20,23,29,37H,6-16,19,36H2,1-5H3/t20-,23-,29+,33-/m0/s1. The highest BCUT2D eigenvalue weighted by Gasteiger charge is 2.47. The molecule has 11 nitrogen and oxygen atoms in total. The molecule has 4 atom stereocenters. The molecule has 3 aromatic heterocycles. The molecule has 3 aromatic rings. The van der Waals surface area contributed by atoms with Gasteiger partial charge in [0.25, 0.3) is 0 Å². The van der Waals surface area contributed by atoms with Crippen molar-refractivity contribution >= 4 is 22.2 Å². The van der Waals surface area contributed by atoms with Crippen molar-refractivity contribution in [2.75, 3.05) is 51.0 Å². The molecule has 0 unspecified atom stereocenters. The summed E-state index contributed by atoms with van der Waals surface area (Å²) in [6.45, 7) is 10.1. The minimum absolute atomic E-state index is 0.100. The molecule has 0 aromatic carbocycles. The van der Waals surface area contributed by atoms with Crippen LogP contribution in [0.15, 0.2) is 10.6 Å². The Morgan fingerprint density at radius 1 is 1.28 bits per heavy atom. The zero-order chi connectivity index (χ0) is 32.2. The number of piperazine rings is 1. The molecule has 0 radical (unpaired) electrons. The number of anilines is 2. The van der Waals surface area contributed by atoms with Crippen molar-refractivity contribution in [3.8, 4) is 23.5 Å². The second-order valence-electron chi connectivity index (χ2n) is 13.9. The zero-order valence-corrected chi connectivity index (χ0v) is 28.5. The molecule has 5 heterocycles. The van der Waals surface area contributed by atoms with Gasteiger partial charge in [0, 0.05) is 55.3 Å². The lowest BCUT2D eigenvalue weighted by atomic mass is 9.69. The summed E-state index contributed by atoms with van der Waals surface area (Å²) in [4.78, 5) is 16.0. The van der Waals surface area contributed by atoms with Crippen molar-refractivity contribution in [2.45, 2.75) is 101 Å². The average Bonchev–Trinajstić information content (AvgIpc) is 3.35. The fourth-order valence-electron chi connectivity index (χ4n) is 8.21. The van der Waals surface area contributed by atoms with Crippen LogP contribution in [0.4, 0.5) is 10.8 Å². The van der Waals surface area contributed by atoms with E-state index in [0.717, 1.165) is 87.4 Å². The van der Waals surface area contributed by atoms with Crippen LogP contribution < -0.4 is 20.7 Å². The van der Waals surface area contributed by atoms with Crippen LogP contribution in [-0.4, -0.2) is 84.1 Å². The summed E-state index contributed by atoms with van der Waals surface area (Å²) in [6.07, 6.45) is 7.68. The summed E-state index contributed by atoms with van der Waals surface area (Å²) < 4.78 is 18.8. The molecular weight excluding hydrogens is 600 g/mol. The third kappa shape index (κ3) is 5.35. The van der Waals surface area contributed by atoms with Crippen LogP contribution in [0, 0.1) is 11.3 Å². The van der Waals surface area contributed by atoms with Gasteiger partial charge in [0.2, 0.25) is 5.88 Å². The Bertz CT molecular complexity index is 1640. The number of nitrogen functional groups attached to an aromatic ring is 1. The first-order chi connectivity index (χ1) is 22.2. The van der Waals surface area contributed by atoms with Crippen LogP contribution in [0.1, 0.15) is 86.6 Å². The number of methoxy groups -OCH3 is 1. The van der Waals surface area contributed by atoms with Crippen LogP contribution in [-0.2, 0) is 23.0 Å². The molecule has 0 amide bonds. The predicted molar refractivity (Wildman–Crippen MR) is 178 cm³/mol. The van der Waals surface area contributed by atoms with Gasteiger partial charge in [-0.15, -0.1) is 11.3 Å². The number of nitrogens with zero attached hydrogens (tertiary/aromatic N) is 6. The number of thiophene rings is 1. The van der Waals surface area contributed by atoms with Gasteiger partial charge in [-0.3, -0.25) is 4.90 Å². The van der Waals surface area contributed by atoms with E-state index in [1.165, 1.54) is 29.1 Å². The van der Waals surface area contributed by atoms with Gasteiger partial charge in [-0.2, -0.15) is 10.2 Å². The third-order valence-corrected chi connectivity index (χ3v) is 11.8. The molecule has 4 aliphatic rings. The SMILES string of the molecule is CCCc1c(-c2nc(O[C@@H](C)[C@@H]3[C@@H](OC)CCN3C)cc(N3CCNC4(CC4)C3)n2)noc1[C@@]1(C)CCCc2sc(N)c(C#N)c21. The van der Waals surface area contributed by atoms with Gasteiger partial charge < -0.3 is 29.9 Å². The van der Waals surface area contributed by atoms with Crippen LogP contribution in [0.5, 0.6) is 5.88 Å². The molecule has 2 saturated heterocycles. The van der Waals surface area contributed by atoms with Gasteiger partial charge in [0.1, 0.15) is 23.0 Å². The first kappa shape index (κ1) is 31.4. The van der Waals surface area contributed by atoms with Crippen LogP contribution in [0.25, 0.3) is 11.5 Å². The average molecular weight is 647 g/mol. The van der Waals surface area contributed by atoms with Crippen molar-refractivity contribution in [3.63, 3.8) is 0 Å². The first-order valence-corrected chi connectivity index (χ1v) is 17.6. The number of nitrogens with one attached hydrogen (secondary N) is 1. The summed E-state index contributed by atoms with van der Waals surface area (Å²) in [5.74, 6) is 2.67. The quantitative estimate of drug-likeness (QED) is 0.335. The Kier molecular flexibility index (Phi) is 8.24. The van der Waals surface area contributed by atoms with Crippen molar-refractivity contribution in [1.29, 1.82) is 5.26 Å². The number of nitriles is 1. The molecule has 2 aliphatic carbocycles. The Labute approximate surface area is 275 Å². The number of nitrogens with two attached hydrogens (primary N) is 1. The molecule has 1 spiro atoms. The van der Waals surface area contributed by atoms with Crippen LogP contribution in [0.2, 0.25) is 0 Å². The predicted octanol–water partition coefficient (Wildman–Crippen LogP) is 4.67. The lowest BCUT2D eigenvalue weighted by Gasteiger charge is -2.35. The van der Waals surface area contributed by atoms with E-state index >= 15 is 0 Å². The summed E-state index contributed by atoms with van der Waals surface area (Å²) in [5, 5.41) is 19.1. The van der Waals surface area contributed by atoms with Gasteiger partial charge in [-0.1, -0.05) is 18.5 Å². The fourth-order valence-corrected chi connectivity index (χ4v) is 9.41. The zero-order valence-electron chi connectivity index (χ0n) is 27.7. The molecule has 0 bridgehead atoms. The number of ether oxygens (including phenoxy) is 2. The maximum absolute atomic E-state index is 10.1. The summed E-state index contributed by atoms with van der Waals surface area (Å²) >= 11 is 1.53. The molecule has 7 rings (SSSR count). The molecule has 3 N–H and O–H groups in total. The van der Waals surface area contributed by atoms with Crippen LogP contribution >= 0.6 is 11.3 Å². The first-order valence-electron chi connectivity index (χ1n) is 16.8. The number of likely N-dealkylation sites (tertiary alicyclic amines) is 1. The van der Waals surface area contributed by atoms with E-state index in [0.29, 0.717) is 28.0 Å². The molecule has 3 fully saturated rings. The minimum Gasteiger partial charge on any atom is -0.473 e. The van der Waals surface area contributed by atoms with Gasteiger partial charge in [0.15, 0.2) is 17.3 Å². The number of rotatable bonds is 9. The largest absolute Gasteiger partial charge is 0.473 e. The number of likely N-dealkylation sites (N-methyl/N-ethyl adjacent to an activating group) is 1. The summed E-state index contributed by atoms with van der Waals surface area (Å²) in [7, 11) is 3.90. The molecule has 2 aliphatic heterocycles. The van der Waals surface area contributed by atoms with Crippen molar-refractivity contribution in [2.24, 2.45) is 0 Å². The van der Waals surface area contributed by atoms with Crippen LogP contribution in [0.3, 0.4) is 0 Å². The van der Waals surface area contributed by atoms with Gasteiger partial charge in [-0.25, -0.2) is 4.98 Å². The van der Waals surface area contributed by atoms with Gasteiger partial charge >= 0.3 is 0 Å². The number of hydrogen-bond acceptors (Lipinski definition) is 12. The van der Waals surface area contributed by atoms with E-state index in [4.69, 9.17) is 34.9 Å². The molecule has 46 heavy (non-hydrogen) atoms. The van der Waals surface area contributed by atoms with E-state index in [9.17, 15) is 5.26 Å². The lowest BCUT2D eigenvalue weighted by molar-refractivity contribution is 0.0174. The topological polar surface area (TPSA) is 139 Å². The highest BCUT2D eigenvalue weighted by Crippen LogP contribution is 2.51. The Balaban J connectivity index is 1.31. The fraction of sp³-hybridized carbons (Fsp3) is 0.647. The minimum atomic E-state index is -0.521. The lowest BCUT2D eigenvalue weighted by Crippen LogP contribution is -2.52. The number of aromatic nitrogens is 3. The van der Waals surface area contributed by atoms with E-state index in [-0.39, 0.29) is 23.8 Å². The molecule has 12 heteroatoms. The smallest absolute Gasteiger partial charge is 0.219 e. The Morgan fingerprint density at radius 3 is 2.85 bits per heavy atom. The second-order valence-corrected chi connectivity index (χ2v) is 15.0. The van der Waals surface area contributed by atoms with E-state index < -0.39 is 5.41 Å². The number of aryl methyl sites for hydroxylation is 1. The van der Waals surface area contributed by atoms with E-state index in [1.807, 2.05) is 6.07 Å². The van der Waals surface area contributed by atoms with E-state index in [1.54, 1.807) is 7.11 Å². The maximum Gasteiger partial charge on any atom is 0.219 e. The second kappa shape index (κ2) is 12.1. The van der Waals surface area contributed by atoms with Crippen molar-refractivity contribution in [1.82, 2.24) is 25.3 Å². The van der Waals surface area contributed by atoms with Gasteiger partial charge in [0.05, 0.1) is 23.1 Å². The molecule has 1 saturated carbocycles. The summed E-state index contributed by atoms with van der Waals surface area (Å²) in [6, 6.07) is 4.49. The van der Waals surface area contributed by atoms with Gasteiger partial charge in [-0.05, 0) is 71.4 Å². The maximum atomic E-state index is 10.1. The van der Waals surface area contributed by atoms with Crippen molar-refractivity contribution in [3.05, 3.63) is 33.4 Å². The van der Waals surface area contributed by atoms with Crippen molar-refractivity contribution < 1.29 is 14.0 Å². The van der Waals surface area contributed by atoms with E-state index in [2.05, 4.69) is 49.0 Å². The summed E-state index contributed by atoms with van der Waals surface area (Å²) in [5.41, 5.74) is 9.24. The monoisotopic (exact) mass is 646 g/mol. The highest BCUT2D eigenvalue weighted by atomic mass is 32.1. The number of hydrogen-bond donors (Lipinski definition) is 2. The Hall–Kier alpha value is -3.24. The normalized spacial score (nSPS) is 26.2. The molecular formula is C34H46N8O3S.